The van der Waals surface area contributed by atoms with Crippen LogP contribution in [0.5, 0.6) is 0 Å². The Bertz CT molecular complexity index is 452. The maximum atomic E-state index is 13.2. The number of hydrogen-bond acceptors (Lipinski definition) is 1. The number of amides is 1. The molecule has 2 N–H and O–H groups in total. The zero-order chi connectivity index (χ0) is 13.4. The van der Waals surface area contributed by atoms with E-state index >= 15 is 0 Å². The van der Waals surface area contributed by atoms with E-state index in [4.69, 9.17) is 0 Å². The fourth-order valence-corrected chi connectivity index (χ4v) is 1.30. The van der Waals surface area contributed by atoms with Crippen LogP contribution in [0.15, 0.2) is 18.2 Å². The van der Waals surface area contributed by atoms with E-state index in [1.54, 1.807) is 0 Å². The average molecular weight is 253 g/mol. The molecule has 0 saturated heterocycles. The topological polar surface area (TPSA) is 43.1 Å². The normalized spacial score (nSPS) is 12.6. The minimum absolute atomic E-state index is 0.154. The van der Waals surface area contributed by atoms with Gasteiger partial charge in [-0.1, -0.05) is 17.7 Å². The highest BCUT2D eigenvalue weighted by molar-refractivity contribution is 5.83. The van der Waals surface area contributed by atoms with Crippen molar-refractivity contribution in [2.75, 3.05) is 0 Å². The van der Waals surface area contributed by atoms with Gasteiger partial charge in [0.2, 0.25) is 0 Å². The van der Waals surface area contributed by atoms with Gasteiger partial charge in [0.25, 0.3) is 5.91 Å². The second-order valence-electron chi connectivity index (χ2n) is 3.49. The van der Waals surface area contributed by atoms with Crippen molar-refractivity contribution in [3.8, 4) is 0 Å². The molecule has 0 saturated carbocycles. The van der Waals surface area contributed by atoms with Crippen LogP contribution in [-0.2, 0) is 16.9 Å². The quantitative estimate of drug-likeness (QED) is 0.809. The Hall–Kier alpha value is -1.66. The van der Waals surface area contributed by atoms with Crippen LogP contribution in [0.4, 0.5) is 22.0 Å². The Morgan fingerprint density at radius 2 is 1.65 bits per heavy atom. The lowest BCUT2D eigenvalue weighted by molar-refractivity contribution is -0.150. The Balaban J connectivity index is 3.50. The number of benzene rings is 1. The van der Waals surface area contributed by atoms with E-state index in [1.165, 1.54) is 6.92 Å². The molecule has 94 valence electrons. The van der Waals surface area contributed by atoms with Crippen molar-refractivity contribution in [1.29, 1.82) is 0 Å². The van der Waals surface area contributed by atoms with Crippen LogP contribution in [0.3, 0.4) is 0 Å². The summed E-state index contributed by atoms with van der Waals surface area (Å²) < 4.78 is 64.1. The molecule has 1 amide bonds. The van der Waals surface area contributed by atoms with Gasteiger partial charge in [-0.3, -0.25) is 4.79 Å². The van der Waals surface area contributed by atoms with Crippen molar-refractivity contribution < 1.29 is 26.7 Å². The van der Waals surface area contributed by atoms with Crippen LogP contribution in [0.2, 0.25) is 0 Å². The Morgan fingerprint density at radius 3 is 2.06 bits per heavy atom. The third kappa shape index (κ3) is 2.54. The summed E-state index contributed by atoms with van der Waals surface area (Å²) in [6, 6.07) is 2.16. The smallest absolute Gasteiger partial charge is 0.364 e. The minimum Gasteiger partial charge on any atom is -0.364 e. The van der Waals surface area contributed by atoms with Gasteiger partial charge in [-0.15, -0.1) is 0 Å². The third-order valence-corrected chi connectivity index (χ3v) is 2.13. The van der Waals surface area contributed by atoms with Crippen LogP contribution < -0.4 is 5.73 Å². The van der Waals surface area contributed by atoms with Crippen molar-refractivity contribution in [3.05, 3.63) is 34.9 Å². The highest BCUT2D eigenvalue weighted by Gasteiger charge is 2.46. The predicted octanol–water partition coefficient (Wildman–Crippen LogP) is 2.59. The molecule has 0 aliphatic carbocycles. The van der Waals surface area contributed by atoms with Gasteiger partial charge in [-0.2, -0.15) is 22.0 Å². The maximum absolute atomic E-state index is 13.2. The fourth-order valence-electron chi connectivity index (χ4n) is 1.30. The summed E-state index contributed by atoms with van der Waals surface area (Å²) in [5.74, 6) is -6.47. The standard InChI is InChI=1S/C10H8F5NO/c1-5-2-3-6(9(11,12)8(16)17)7(4-5)10(13,14)15/h2-4H,1H3,(H2,16,17). The summed E-state index contributed by atoms with van der Waals surface area (Å²) in [4.78, 5) is 10.5. The Kier molecular flexibility index (Phi) is 3.13. The average Bonchev–Trinajstić information content (AvgIpc) is 2.15. The first-order valence-corrected chi connectivity index (χ1v) is 4.43. The molecule has 0 atom stereocenters. The molecule has 0 aliphatic heterocycles. The number of hydrogen-bond donors (Lipinski definition) is 1. The number of nitrogens with two attached hydrogens (primary N) is 1. The first kappa shape index (κ1) is 13.4. The van der Waals surface area contributed by atoms with E-state index in [0.717, 1.165) is 6.07 Å². The van der Waals surface area contributed by atoms with Crippen LogP contribution in [-0.4, -0.2) is 5.91 Å². The number of rotatable bonds is 2. The molecule has 1 aromatic rings. The lowest BCUT2D eigenvalue weighted by Crippen LogP contribution is -2.35. The van der Waals surface area contributed by atoms with Crippen molar-refractivity contribution in [3.63, 3.8) is 0 Å². The second-order valence-corrected chi connectivity index (χ2v) is 3.49. The zero-order valence-corrected chi connectivity index (χ0v) is 8.61. The molecule has 2 nitrogen and oxygen atoms in total. The van der Waals surface area contributed by atoms with Crippen molar-refractivity contribution >= 4 is 5.91 Å². The van der Waals surface area contributed by atoms with Crippen molar-refractivity contribution in [2.24, 2.45) is 5.73 Å². The second kappa shape index (κ2) is 3.97. The number of primary amides is 1. The molecule has 0 unspecified atom stereocenters. The fraction of sp³-hybridized carbons (Fsp3) is 0.300. The number of aryl methyl sites for hydroxylation is 1. The molecule has 7 heteroatoms. The molecule has 1 aromatic carbocycles. The number of alkyl halides is 5. The molecular weight excluding hydrogens is 245 g/mol. The van der Waals surface area contributed by atoms with Gasteiger partial charge in [0.05, 0.1) is 5.56 Å². The maximum Gasteiger partial charge on any atom is 0.416 e. The summed E-state index contributed by atoms with van der Waals surface area (Å²) >= 11 is 0. The minimum atomic E-state index is -4.97. The molecule has 0 heterocycles. The van der Waals surface area contributed by atoms with Gasteiger partial charge in [0.15, 0.2) is 0 Å². The number of carbonyl (C=O) groups is 1. The first-order chi connectivity index (χ1) is 7.56. The van der Waals surface area contributed by atoms with Gasteiger partial charge in [0.1, 0.15) is 0 Å². The highest BCUT2D eigenvalue weighted by atomic mass is 19.4. The first-order valence-electron chi connectivity index (χ1n) is 4.43. The molecule has 0 aromatic heterocycles. The molecule has 0 fully saturated rings. The van der Waals surface area contributed by atoms with Gasteiger partial charge in [-0.05, 0) is 13.0 Å². The Labute approximate surface area is 93.2 Å². The number of carbonyl (C=O) groups excluding carboxylic acids is 1. The highest BCUT2D eigenvalue weighted by Crippen LogP contribution is 2.39. The van der Waals surface area contributed by atoms with Crippen LogP contribution in [0.1, 0.15) is 16.7 Å². The van der Waals surface area contributed by atoms with Gasteiger partial charge in [-0.25, -0.2) is 0 Å². The summed E-state index contributed by atoms with van der Waals surface area (Å²) in [6.45, 7) is 1.32. The van der Waals surface area contributed by atoms with E-state index in [2.05, 4.69) is 5.73 Å². The summed E-state index contributed by atoms with van der Waals surface area (Å²) in [6.07, 6.45) is -4.97. The molecule has 0 aliphatic rings. The Morgan fingerprint density at radius 1 is 1.12 bits per heavy atom. The third-order valence-electron chi connectivity index (χ3n) is 2.13. The lowest BCUT2D eigenvalue weighted by atomic mass is 9.98. The summed E-state index contributed by atoms with van der Waals surface area (Å²) in [5.41, 5.74) is 1.57. The molecular formula is C10H8F5NO. The predicted molar refractivity (Wildman–Crippen MR) is 49.3 cm³/mol. The molecule has 1 rings (SSSR count). The van der Waals surface area contributed by atoms with E-state index in [1.807, 2.05) is 0 Å². The van der Waals surface area contributed by atoms with Crippen LogP contribution in [0, 0.1) is 6.92 Å². The van der Waals surface area contributed by atoms with Crippen LogP contribution in [0.25, 0.3) is 0 Å². The van der Waals surface area contributed by atoms with Crippen molar-refractivity contribution in [2.45, 2.75) is 19.0 Å². The molecule has 17 heavy (non-hydrogen) atoms. The van der Waals surface area contributed by atoms with Crippen molar-refractivity contribution in [1.82, 2.24) is 0 Å². The lowest BCUT2D eigenvalue weighted by Gasteiger charge is -2.19. The van der Waals surface area contributed by atoms with E-state index in [0.29, 0.717) is 12.1 Å². The van der Waals surface area contributed by atoms with Crippen LogP contribution >= 0.6 is 0 Å². The zero-order valence-electron chi connectivity index (χ0n) is 8.61. The molecule has 0 bridgehead atoms. The van der Waals surface area contributed by atoms with E-state index in [9.17, 15) is 26.7 Å². The van der Waals surface area contributed by atoms with E-state index < -0.39 is 29.1 Å². The van der Waals surface area contributed by atoms with Gasteiger partial charge < -0.3 is 5.73 Å². The monoisotopic (exact) mass is 253 g/mol. The summed E-state index contributed by atoms with van der Waals surface area (Å²) in [7, 11) is 0. The number of halogens is 5. The van der Waals surface area contributed by atoms with Gasteiger partial charge in [0, 0.05) is 5.56 Å². The largest absolute Gasteiger partial charge is 0.416 e. The molecule has 0 radical (unpaired) electrons. The molecule has 0 spiro atoms. The SMILES string of the molecule is Cc1ccc(C(F)(F)C(N)=O)c(C(F)(F)F)c1. The van der Waals surface area contributed by atoms with E-state index in [-0.39, 0.29) is 5.56 Å². The van der Waals surface area contributed by atoms with Gasteiger partial charge >= 0.3 is 12.1 Å². The summed E-state index contributed by atoms with van der Waals surface area (Å²) in [5, 5.41) is 0.